The second-order valence-corrected chi connectivity index (χ2v) is 6.85. The van der Waals surface area contributed by atoms with Crippen LogP contribution in [-0.4, -0.2) is 11.3 Å². The molecule has 1 aromatic carbocycles. The summed E-state index contributed by atoms with van der Waals surface area (Å²) in [5, 5.41) is 0.726. The maximum absolute atomic E-state index is 6.10. The summed E-state index contributed by atoms with van der Waals surface area (Å²) < 4.78 is 0. The molecule has 2 N–H and O–H groups in total. The van der Waals surface area contributed by atoms with E-state index in [1.165, 1.54) is 37.0 Å². The van der Waals surface area contributed by atoms with Crippen LogP contribution >= 0.6 is 11.8 Å². The first-order valence-electron chi connectivity index (χ1n) is 6.78. The quantitative estimate of drug-likeness (QED) is 0.867. The van der Waals surface area contributed by atoms with E-state index in [0.717, 1.165) is 5.25 Å². The monoisotopic (exact) mass is 247 g/mol. The van der Waals surface area contributed by atoms with E-state index in [1.807, 2.05) is 11.8 Å². The van der Waals surface area contributed by atoms with Crippen LogP contribution in [0, 0.1) is 5.92 Å². The van der Waals surface area contributed by atoms with Gasteiger partial charge in [0.05, 0.1) is 0 Å². The lowest BCUT2D eigenvalue weighted by atomic mass is 10.1. The molecule has 0 amide bonds. The van der Waals surface area contributed by atoms with Crippen molar-refractivity contribution in [1.29, 1.82) is 0 Å². The summed E-state index contributed by atoms with van der Waals surface area (Å²) in [7, 11) is 0. The third-order valence-electron chi connectivity index (χ3n) is 4.40. The van der Waals surface area contributed by atoms with Crippen LogP contribution in [0.5, 0.6) is 0 Å². The topological polar surface area (TPSA) is 26.0 Å². The van der Waals surface area contributed by atoms with Gasteiger partial charge in [0.1, 0.15) is 0 Å². The molecule has 2 aliphatic carbocycles. The van der Waals surface area contributed by atoms with Crippen molar-refractivity contribution in [3.8, 4) is 0 Å². The van der Waals surface area contributed by atoms with Gasteiger partial charge in [-0.2, -0.15) is 0 Å². The van der Waals surface area contributed by atoms with E-state index in [2.05, 4.69) is 25.1 Å². The Morgan fingerprint density at radius 1 is 1.18 bits per heavy atom. The molecule has 0 aliphatic heterocycles. The highest BCUT2D eigenvalue weighted by Gasteiger charge is 2.30. The summed E-state index contributed by atoms with van der Waals surface area (Å²) in [6, 6.07) is 7.49. The zero-order valence-electron chi connectivity index (χ0n) is 10.5. The molecule has 2 aliphatic rings. The molecule has 0 bridgehead atoms. The first kappa shape index (κ1) is 11.6. The summed E-state index contributed by atoms with van der Waals surface area (Å²) in [6.45, 7) is 2.31. The molecular formula is C15H21NS. The van der Waals surface area contributed by atoms with Gasteiger partial charge in [-0.25, -0.2) is 0 Å². The maximum Gasteiger partial charge on any atom is 0.0135 e. The standard InChI is InChI=1S/C15H21NS/c1-10-14(16)7-8-15(10)17-13-6-5-11-3-2-4-12(11)9-13/h5-6,9-10,14-15H,2-4,7-8,16H2,1H3. The fourth-order valence-electron chi connectivity index (χ4n) is 3.12. The summed E-state index contributed by atoms with van der Waals surface area (Å²) in [5.74, 6) is 0.660. The molecule has 2 heteroatoms. The van der Waals surface area contributed by atoms with Crippen LogP contribution in [-0.2, 0) is 12.8 Å². The van der Waals surface area contributed by atoms with Gasteiger partial charge in [0.15, 0.2) is 0 Å². The third kappa shape index (κ3) is 2.25. The Balaban J connectivity index is 1.73. The lowest BCUT2D eigenvalue weighted by molar-refractivity contribution is 0.535. The van der Waals surface area contributed by atoms with Gasteiger partial charge in [-0.15, -0.1) is 11.8 Å². The minimum absolute atomic E-state index is 0.418. The van der Waals surface area contributed by atoms with Crippen molar-refractivity contribution in [3.63, 3.8) is 0 Å². The molecular weight excluding hydrogens is 226 g/mol. The minimum atomic E-state index is 0.418. The van der Waals surface area contributed by atoms with Gasteiger partial charge in [0.25, 0.3) is 0 Å². The highest BCUT2D eigenvalue weighted by Crippen LogP contribution is 2.39. The average molecular weight is 247 g/mol. The molecule has 92 valence electrons. The number of nitrogens with two attached hydrogens (primary N) is 1. The molecule has 3 atom stereocenters. The van der Waals surface area contributed by atoms with Crippen LogP contribution in [0.15, 0.2) is 23.1 Å². The van der Waals surface area contributed by atoms with Gasteiger partial charge in [-0.1, -0.05) is 13.0 Å². The zero-order chi connectivity index (χ0) is 11.8. The van der Waals surface area contributed by atoms with Crippen molar-refractivity contribution in [2.24, 2.45) is 11.7 Å². The normalized spacial score (nSPS) is 31.8. The number of aryl methyl sites for hydroxylation is 2. The Hall–Kier alpha value is -0.470. The van der Waals surface area contributed by atoms with Gasteiger partial charge in [-0.3, -0.25) is 0 Å². The lowest BCUT2D eigenvalue weighted by Gasteiger charge is -2.17. The number of fused-ring (bicyclic) bond motifs is 1. The van der Waals surface area contributed by atoms with E-state index in [1.54, 1.807) is 11.1 Å². The molecule has 0 aromatic heterocycles. The second-order valence-electron chi connectivity index (χ2n) is 5.54. The van der Waals surface area contributed by atoms with Crippen molar-refractivity contribution in [2.45, 2.75) is 55.2 Å². The van der Waals surface area contributed by atoms with E-state index < -0.39 is 0 Å². The van der Waals surface area contributed by atoms with E-state index in [-0.39, 0.29) is 0 Å². The molecule has 0 radical (unpaired) electrons. The summed E-state index contributed by atoms with van der Waals surface area (Å²) in [5.41, 5.74) is 9.26. The first-order valence-corrected chi connectivity index (χ1v) is 7.66. The zero-order valence-corrected chi connectivity index (χ0v) is 11.3. The van der Waals surface area contributed by atoms with E-state index in [0.29, 0.717) is 12.0 Å². The lowest BCUT2D eigenvalue weighted by Crippen LogP contribution is -2.25. The fourth-order valence-corrected chi connectivity index (χ4v) is 4.50. The molecule has 3 rings (SSSR count). The van der Waals surface area contributed by atoms with Crippen molar-refractivity contribution >= 4 is 11.8 Å². The molecule has 3 unspecified atom stereocenters. The Morgan fingerprint density at radius 3 is 2.76 bits per heavy atom. The van der Waals surface area contributed by atoms with Gasteiger partial charge in [0, 0.05) is 16.2 Å². The van der Waals surface area contributed by atoms with Crippen molar-refractivity contribution in [1.82, 2.24) is 0 Å². The number of hydrogen-bond acceptors (Lipinski definition) is 2. The molecule has 1 saturated carbocycles. The number of thioether (sulfide) groups is 1. The smallest absolute Gasteiger partial charge is 0.0135 e. The van der Waals surface area contributed by atoms with E-state index in [4.69, 9.17) is 5.73 Å². The van der Waals surface area contributed by atoms with E-state index >= 15 is 0 Å². The Kier molecular flexibility index (Phi) is 3.18. The molecule has 0 heterocycles. The van der Waals surface area contributed by atoms with Crippen LogP contribution < -0.4 is 5.73 Å². The molecule has 17 heavy (non-hydrogen) atoms. The molecule has 0 spiro atoms. The van der Waals surface area contributed by atoms with Gasteiger partial charge in [-0.05, 0) is 61.3 Å². The van der Waals surface area contributed by atoms with Crippen LogP contribution in [0.4, 0.5) is 0 Å². The largest absolute Gasteiger partial charge is 0.327 e. The van der Waals surface area contributed by atoms with E-state index in [9.17, 15) is 0 Å². The van der Waals surface area contributed by atoms with Crippen molar-refractivity contribution < 1.29 is 0 Å². The van der Waals surface area contributed by atoms with Crippen LogP contribution in [0.25, 0.3) is 0 Å². The summed E-state index contributed by atoms with van der Waals surface area (Å²) in [4.78, 5) is 1.46. The highest BCUT2D eigenvalue weighted by molar-refractivity contribution is 8.00. The third-order valence-corrected chi connectivity index (χ3v) is 5.90. The second kappa shape index (κ2) is 4.66. The fraction of sp³-hybridized carbons (Fsp3) is 0.600. The average Bonchev–Trinajstić information content (AvgIpc) is 2.90. The van der Waals surface area contributed by atoms with Crippen molar-refractivity contribution in [3.05, 3.63) is 29.3 Å². The van der Waals surface area contributed by atoms with Crippen LogP contribution in [0.2, 0.25) is 0 Å². The molecule has 1 aromatic rings. The molecule has 0 saturated heterocycles. The number of benzene rings is 1. The Morgan fingerprint density at radius 2 is 2.00 bits per heavy atom. The summed E-state index contributed by atoms with van der Waals surface area (Å²) in [6.07, 6.45) is 6.39. The number of hydrogen-bond donors (Lipinski definition) is 1. The minimum Gasteiger partial charge on any atom is -0.327 e. The van der Waals surface area contributed by atoms with Crippen LogP contribution in [0.3, 0.4) is 0 Å². The molecule has 1 nitrogen and oxygen atoms in total. The highest BCUT2D eigenvalue weighted by atomic mass is 32.2. The predicted molar refractivity (Wildman–Crippen MR) is 74.5 cm³/mol. The first-order chi connectivity index (χ1) is 8.24. The van der Waals surface area contributed by atoms with Gasteiger partial charge >= 0.3 is 0 Å². The van der Waals surface area contributed by atoms with Crippen LogP contribution in [0.1, 0.15) is 37.3 Å². The Bertz CT molecular complexity index is 415. The van der Waals surface area contributed by atoms with Crippen molar-refractivity contribution in [2.75, 3.05) is 0 Å². The Labute approximate surface area is 108 Å². The van der Waals surface area contributed by atoms with Gasteiger partial charge < -0.3 is 5.73 Å². The van der Waals surface area contributed by atoms with Gasteiger partial charge in [0.2, 0.25) is 0 Å². The SMILES string of the molecule is CC1C(N)CCC1Sc1ccc2c(c1)CCC2. The summed E-state index contributed by atoms with van der Waals surface area (Å²) >= 11 is 2.05. The predicted octanol–water partition coefficient (Wildman–Crippen LogP) is 3.39. The maximum atomic E-state index is 6.10. The number of rotatable bonds is 2. The molecule has 1 fully saturated rings.